The summed E-state index contributed by atoms with van der Waals surface area (Å²) in [6, 6.07) is 11.4. The second kappa shape index (κ2) is 8.03. The molecule has 0 aliphatic heterocycles. The van der Waals surface area contributed by atoms with E-state index in [0.29, 0.717) is 12.0 Å². The maximum absolute atomic E-state index is 9.30. The smallest absolute Gasteiger partial charge is 0.0558 e. The third-order valence-electron chi connectivity index (χ3n) is 4.14. The highest BCUT2D eigenvalue weighted by molar-refractivity contribution is 9.09. The number of hydrogen-bond donors (Lipinski definition) is 1. The summed E-state index contributed by atoms with van der Waals surface area (Å²) in [5.74, 6) is 0.508. The summed E-state index contributed by atoms with van der Waals surface area (Å²) in [5.41, 5.74) is 1.39. The van der Waals surface area contributed by atoms with E-state index in [4.69, 9.17) is 0 Å². The van der Waals surface area contributed by atoms with Gasteiger partial charge in [0.25, 0.3) is 0 Å². The monoisotopic (exact) mass is 325 g/mol. The zero-order valence-corrected chi connectivity index (χ0v) is 13.1. The SMILES string of the molecule is OCCN(CC(CBr)c1ccccc1)C1CCCC1. The average molecular weight is 326 g/mol. The summed E-state index contributed by atoms with van der Waals surface area (Å²) in [7, 11) is 0. The van der Waals surface area contributed by atoms with Crippen LogP contribution in [0.5, 0.6) is 0 Å². The van der Waals surface area contributed by atoms with Crippen LogP contribution in [0.2, 0.25) is 0 Å². The molecule has 0 bridgehead atoms. The van der Waals surface area contributed by atoms with E-state index in [0.717, 1.165) is 18.4 Å². The molecule has 2 rings (SSSR count). The van der Waals surface area contributed by atoms with E-state index in [2.05, 4.69) is 51.2 Å². The first-order valence-corrected chi connectivity index (χ1v) is 8.43. The van der Waals surface area contributed by atoms with Crippen molar-refractivity contribution in [1.29, 1.82) is 0 Å². The van der Waals surface area contributed by atoms with E-state index in [-0.39, 0.29) is 6.61 Å². The second-order valence-electron chi connectivity index (χ2n) is 5.42. The van der Waals surface area contributed by atoms with E-state index in [1.54, 1.807) is 0 Å². The predicted molar refractivity (Wildman–Crippen MR) is 83.9 cm³/mol. The van der Waals surface area contributed by atoms with Gasteiger partial charge in [-0.3, -0.25) is 4.90 Å². The third kappa shape index (κ3) is 4.30. The molecule has 106 valence electrons. The summed E-state index contributed by atoms with van der Waals surface area (Å²) < 4.78 is 0. The molecule has 19 heavy (non-hydrogen) atoms. The standard InChI is InChI=1S/C16H24BrNO/c17-12-15(14-6-2-1-3-7-14)13-18(10-11-19)16-8-4-5-9-16/h1-3,6-7,15-16,19H,4-5,8-13H2. The van der Waals surface area contributed by atoms with E-state index in [9.17, 15) is 5.11 Å². The molecule has 1 fully saturated rings. The zero-order chi connectivity index (χ0) is 13.5. The van der Waals surface area contributed by atoms with E-state index >= 15 is 0 Å². The van der Waals surface area contributed by atoms with Gasteiger partial charge in [0.05, 0.1) is 6.61 Å². The Labute approximate surface area is 124 Å². The van der Waals surface area contributed by atoms with E-state index < -0.39 is 0 Å². The molecule has 0 amide bonds. The van der Waals surface area contributed by atoms with Crippen molar-refractivity contribution in [3.05, 3.63) is 35.9 Å². The average Bonchev–Trinajstić information content (AvgIpc) is 2.98. The summed E-state index contributed by atoms with van der Waals surface area (Å²) in [5, 5.41) is 10.3. The number of alkyl halides is 1. The van der Waals surface area contributed by atoms with Crippen LogP contribution < -0.4 is 0 Å². The number of aliphatic hydroxyl groups is 1. The van der Waals surface area contributed by atoms with Crippen molar-refractivity contribution in [3.8, 4) is 0 Å². The van der Waals surface area contributed by atoms with Crippen LogP contribution in [-0.2, 0) is 0 Å². The highest BCUT2D eigenvalue weighted by Gasteiger charge is 2.24. The lowest BCUT2D eigenvalue weighted by atomic mass is 9.99. The Morgan fingerprint density at radius 2 is 1.89 bits per heavy atom. The van der Waals surface area contributed by atoms with Crippen LogP contribution >= 0.6 is 15.9 Å². The Balaban J connectivity index is 2.01. The van der Waals surface area contributed by atoms with Gasteiger partial charge in [-0.25, -0.2) is 0 Å². The topological polar surface area (TPSA) is 23.5 Å². The van der Waals surface area contributed by atoms with Crippen LogP contribution in [0.3, 0.4) is 0 Å². The first-order valence-electron chi connectivity index (χ1n) is 7.31. The first kappa shape index (κ1) is 15.0. The van der Waals surface area contributed by atoms with Crippen molar-refractivity contribution < 1.29 is 5.11 Å². The fourth-order valence-corrected chi connectivity index (χ4v) is 3.65. The molecule has 0 saturated heterocycles. The Kier molecular flexibility index (Phi) is 6.35. The normalized spacial score (nSPS) is 18.1. The lowest BCUT2D eigenvalue weighted by Gasteiger charge is -2.31. The number of aliphatic hydroxyl groups excluding tert-OH is 1. The van der Waals surface area contributed by atoms with Crippen molar-refractivity contribution in [2.24, 2.45) is 0 Å². The number of halogens is 1. The number of nitrogens with zero attached hydrogens (tertiary/aromatic N) is 1. The van der Waals surface area contributed by atoms with Crippen LogP contribution in [0.4, 0.5) is 0 Å². The number of rotatable bonds is 7. The van der Waals surface area contributed by atoms with Crippen molar-refractivity contribution >= 4 is 15.9 Å². The quantitative estimate of drug-likeness (QED) is 0.776. The fourth-order valence-electron chi connectivity index (χ4n) is 3.07. The molecule has 1 saturated carbocycles. The molecular formula is C16H24BrNO. The van der Waals surface area contributed by atoms with Crippen LogP contribution in [0, 0.1) is 0 Å². The van der Waals surface area contributed by atoms with Crippen LogP contribution in [0.15, 0.2) is 30.3 Å². The van der Waals surface area contributed by atoms with E-state index in [1.165, 1.54) is 31.2 Å². The van der Waals surface area contributed by atoms with Gasteiger partial charge in [-0.2, -0.15) is 0 Å². The molecular weight excluding hydrogens is 302 g/mol. The van der Waals surface area contributed by atoms with Crippen LogP contribution in [0.25, 0.3) is 0 Å². The first-order chi connectivity index (χ1) is 9.35. The molecule has 0 radical (unpaired) electrons. The molecule has 1 N–H and O–H groups in total. The maximum Gasteiger partial charge on any atom is 0.0558 e. The summed E-state index contributed by atoms with van der Waals surface area (Å²) >= 11 is 3.65. The summed E-state index contributed by atoms with van der Waals surface area (Å²) in [6.45, 7) is 2.11. The maximum atomic E-state index is 9.30. The van der Waals surface area contributed by atoms with Crippen LogP contribution in [0.1, 0.15) is 37.2 Å². The lowest BCUT2D eigenvalue weighted by Crippen LogP contribution is -2.39. The second-order valence-corrected chi connectivity index (χ2v) is 6.07. The molecule has 3 heteroatoms. The van der Waals surface area contributed by atoms with Crippen molar-refractivity contribution in [3.63, 3.8) is 0 Å². The zero-order valence-electron chi connectivity index (χ0n) is 11.5. The highest BCUT2D eigenvalue weighted by atomic mass is 79.9. The largest absolute Gasteiger partial charge is 0.395 e. The molecule has 1 aliphatic rings. The minimum atomic E-state index is 0.264. The Hall–Kier alpha value is -0.380. The number of hydrogen-bond acceptors (Lipinski definition) is 2. The van der Waals surface area contributed by atoms with Gasteiger partial charge in [-0.05, 0) is 18.4 Å². The summed E-state index contributed by atoms with van der Waals surface area (Å²) in [6.07, 6.45) is 5.28. The summed E-state index contributed by atoms with van der Waals surface area (Å²) in [4.78, 5) is 2.49. The van der Waals surface area contributed by atoms with Crippen molar-refractivity contribution in [2.75, 3.05) is 25.0 Å². The Morgan fingerprint density at radius 3 is 2.47 bits per heavy atom. The highest BCUT2D eigenvalue weighted by Crippen LogP contribution is 2.27. The van der Waals surface area contributed by atoms with Gasteiger partial charge in [-0.15, -0.1) is 0 Å². The van der Waals surface area contributed by atoms with Gasteiger partial charge in [0.2, 0.25) is 0 Å². The van der Waals surface area contributed by atoms with Gasteiger partial charge in [0.1, 0.15) is 0 Å². The van der Waals surface area contributed by atoms with Gasteiger partial charge in [-0.1, -0.05) is 59.1 Å². The molecule has 2 nitrogen and oxygen atoms in total. The lowest BCUT2D eigenvalue weighted by molar-refractivity contribution is 0.146. The van der Waals surface area contributed by atoms with Gasteiger partial charge < -0.3 is 5.11 Å². The molecule has 1 unspecified atom stereocenters. The number of benzene rings is 1. The molecule has 1 aromatic carbocycles. The van der Waals surface area contributed by atoms with Gasteiger partial charge in [0, 0.05) is 30.4 Å². The van der Waals surface area contributed by atoms with E-state index in [1.807, 2.05) is 0 Å². The molecule has 1 aliphatic carbocycles. The molecule has 0 aromatic heterocycles. The minimum absolute atomic E-state index is 0.264. The Morgan fingerprint density at radius 1 is 1.21 bits per heavy atom. The van der Waals surface area contributed by atoms with Gasteiger partial charge in [0.15, 0.2) is 0 Å². The molecule has 1 atom stereocenters. The Bertz CT molecular complexity index is 351. The minimum Gasteiger partial charge on any atom is -0.395 e. The van der Waals surface area contributed by atoms with Gasteiger partial charge >= 0.3 is 0 Å². The molecule has 0 heterocycles. The van der Waals surface area contributed by atoms with Crippen molar-refractivity contribution in [1.82, 2.24) is 4.90 Å². The molecule has 1 aromatic rings. The molecule has 0 spiro atoms. The van der Waals surface area contributed by atoms with Crippen LogP contribution in [-0.4, -0.2) is 41.1 Å². The third-order valence-corrected chi connectivity index (χ3v) is 4.92. The predicted octanol–water partition coefficient (Wildman–Crippen LogP) is 3.40. The fraction of sp³-hybridized carbons (Fsp3) is 0.625. The van der Waals surface area contributed by atoms with Crippen molar-refractivity contribution in [2.45, 2.75) is 37.6 Å².